The van der Waals surface area contributed by atoms with Crippen molar-refractivity contribution in [3.8, 4) is 0 Å². The van der Waals surface area contributed by atoms with Crippen LogP contribution in [0, 0.1) is 6.92 Å². The minimum Gasteiger partial charge on any atom is -0.319 e. The Balaban J connectivity index is 2.40. The molecule has 0 saturated heterocycles. The third-order valence-corrected chi connectivity index (χ3v) is 3.17. The van der Waals surface area contributed by atoms with Crippen molar-refractivity contribution in [1.82, 2.24) is 9.78 Å². The highest BCUT2D eigenvalue weighted by Gasteiger charge is 2.15. The van der Waals surface area contributed by atoms with Gasteiger partial charge in [0.2, 0.25) is 0 Å². The number of benzene rings is 1. The maximum Gasteiger partial charge on any atom is 0.0725 e. The van der Waals surface area contributed by atoms with Gasteiger partial charge in [-0.1, -0.05) is 17.7 Å². The molecule has 0 saturated carbocycles. The molecule has 1 aromatic heterocycles. The van der Waals surface area contributed by atoms with Gasteiger partial charge in [-0.05, 0) is 43.2 Å². The molecule has 0 fully saturated rings. The summed E-state index contributed by atoms with van der Waals surface area (Å²) in [6.07, 6.45) is 1.78. The summed E-state index contributed by atoms with van der Waals surface area (Å²) in [5.74, 6) is 0. The Morgan fingerprint density at radius 1 is 1.41 bits per heavy atom. The number of rotatable bonds is 3. The number of hydrogen-bond acceptors (Lipinski definition) is 2. The van der Waals surface area contributed by atoms with E-state index in [4.69, 9.17) is 17.3 Å². The quantitative estimate of drug-likeness (QED) is 0.909. The van der Waals surface area contributed by atoms with Gasteiger partial charge in [0.1, 0.15) is 0 Å². The molecular weight excluding hydrogens is 234 g/mol. The first kappa shape index (κ1) is 12.1. The first-order valence-electron chi connectivity index (χ1n) is 5.66. The average molecular weight is 250 g/mol. The van der Waals surface area contributed by atoms with Crippen LogP contribution in [0.1, 0.15) is 29.8 Å². The Hall–Kier alpha value is -1.32. The number of halogens is 1. The van der Waals surface area contributed by atoms with Gasteiger partial charge in [-0.25, -0.2) is 0 Å². The van der Waals surface area contributed by atoms with E-state index in [1.807, 2.05) is 35.9 Å². The zero-order valence-electron chi connectivity index (χ0n) is 10.0. The van der Waals surface area contributed by atoms with Crippen LogP contribution in [-0.2, 0) is 6.54 Å². The molecule has 0 spiro atoms. The minimum atomic E-state index is -0.158. The summed E-state index contributed by atoms with van der Waals surface area (Å²) in [5.41, 5.74) is 9.50. The van der Waals surface area contributed by atoms with E-state index in [-0.39, 0.29) is 6.04 Å². The van der Waals surface area contributed by atoms with Crippen LogP contribution < -0.4 is 5.73 Å². The number of nitrogens with two attached hydrogens (primary N) is 1. The summed E-state index contributed by atoms with van der Waals surface area (Å²) in [7, 11) is 0. The van der Waals surface area contributed by atoms with Gasteiger partial charge in [-0.15, -0.1) is 0 Å². The summed E-state index contributed by atoms with van der Waals surface area (Å²) in [4.78, 5) is 0. The predicted molar refractivity (Wildman–Crippen MR) is 70.1 cm³/mol. The standard InChI is InChI=1S/C13H16ClN3/c1-3-17-12(6-7-16-17)13(15)11-5-4-10(14)8-9(11)2/h4-8,13H,3,15H2,1-2H3. The van der Waals surface area contributed by atoms with Crippen LogP contribution in [0.3, 0.4) is 0 Å². The van der Waals surface area contributed by atoms with Gasteiger partial charge in [0.05, 0.1) is 11.7 Å². The lowest BCUT2D eigenvalue weighted by Crippen LogP contribution is -2.18. The van der Waals surface area contributed by atoms with E-state index >= 15 is 0 Å². The van der Waals surface area contributed by atoms with Crippen molar-refractivity contribution in [3.63, 3.8) is 0 Å². The van der Waals surface area contributed by atoms with E-state index in [9.17, 15) is 0 Å². The molecule has 2 aromatic rings. The molecular formula is C13H16ClN3. The Kier molecular flexibility index (Phi) is 3.50. The number of aromatic nitrogens is 2. The second kappa shape index (κ2) is 4.90. The molecule has 2 rings (SSSR count). The third kappa shape index (κ3) is 2.35. The van der Waals surface area contributed by atoms with E-state index in [1.165, 1.54) is 0 Å². The summed E-state index contributed by atoms with van der Waals surface area (Å²) in [5, 5.41) is 4.98. The molecule has 0 amide bonds. The van der Waals surface area contributed by atoms with Crippen LogP contribution in [0.5, 0.6) is 0 Å². The van der Waals surface area contributed by atoms with Crippen LogP contribution in [-0.4, -0.2) is 9.78 Å². The molecule has 0 aliphatic rings. The first-order valence-corrected chi connectivity index (χ1v) is 6.04. The van der Waals surface area contributed by atoms with Gasteiger partial charge < -0.3 is 5.73 Å². The number of nitrogens with zero attached hydrogens (tertiary/aromatic N) is 2. The average Bonchev–Trinajstić information content (AvgIpc) is 2.76. The molecule has 0 radical (unpaired) electrons. The Labute approximate surface area is 106 Å². The smallest absolute Gasteiger partial charge is 0.0725 e. The molecule has 0 aliphatic heterocycles. The number of hydrogen-bond donors (Lipinski definition) is 1. The van der Waals surface area contributed by atoms with E-state index in [1.54, 1.807) is 6.20 Å². The normalized spacial score (nSPS) is 12.7. The summed E-state index contributed by atoms with van der Waals surface area (Å²) in [6, 6.07) is 7.59. The highest BCUT2D eigenvalue weighted by atomic mass is 35.5. The Morgan fingerprint density at radius 3 is 2.82 bits per heavy atom. The van der Waals surface area contributed by atoms with Crippen molar-refractivity contribution < 1.29 is 0 Å². The van der Waals surface area contributed by atoms with E-state index < -0.39 is 0 Å². The van der Waals surface area contributed by atoms with Crippen molar-refractivity contribution in [3.05, 3.63) is 52.3 Å². The van der Waals surface area contributed by atoms with E-state index in [0.717, 1.165) is 28.4 Å². The molecule has 17 heavy (non-hydrogen) atoms. The lowest BCUT2D eigenvalue weighted by molar-refractivity contribution is 0.600. The monoisotopic (exact) mass is 249 g/mol. The van der Waals surface area contributed by atoms with E-state index in [2.05, 4.69) is 12.0 Å². The third-order valence-electron chi connectivity index (χ3n) is 2.93. The van der Waals surface area contributed by atoms with Gasteiger partial charge in [-0.3, -0.25) is 4.68 Å². The topological polar surface area (TPSA) is 43.8 Å². The highest BCUT2D eigenvalue weighted by molar-refractivity contribution is 6.30. The van der Waals surface area contributed by atoms with Crippen LogP contribution in [0.25, 0.3) is 0 Å². The van der Waals surface area contributed by atoms with Gasteiger partial charge in [0.15, 0.2) is 0 Å². The van der Waals surface area contributed by atoms with Gasteiger partial charge in [0, 0.05) is 17.8 Å². The molecule has 1 atom stereocenters. The largest absolute Gasteiger partial charge is 0.319 e. The number of aryl methyl sites for hydroxylation is 2. The van der Waals surface area contributed by atoms with Gasteiger partial charge in [-0.2, -0.15) is 5.10 Å². The van der Waals surface area contributed by atoms with Crippen molar-refractivity contribution in [2.24, 2.45) is 5.73 Å². The molecule has 3 nitrogen and oxygen atoms in total. The molecule has 1 heterocycles. The second-order valence-electron chi connectivity index (χ2n) is 4.05. The second-order valence-corrected chi connectivity index (χ2v) is 4.49. The first-order chi connectivity index (χ1) is 8.13. The van der Waals surface area contributed by atoms with Crippen molar-refractivity contribution in [1.29, 1.82) is 0 Å². The van der Waals surface area contributed by atoms with Crippen molar-refractivity contribution in [2.75, 3.05) is 0 Å². The molecule has 2 N–H and O–H groups in total. The zero-order valence-corrected chi connectivity index (χ0v) is 10.8. The van der Waals surface area contributed by atoms with Crippen LogP contribution in [0.15, 0.2) is 30.5 Å². The van der Waals surface area contributed by atoms with Crippen LogP contribution >= 0.6 is 11.6 Å². The molecule has 0 aliphatic carbocycles. The minimum absolute atomic E-state index is 0.158. The Morgan fingerprint density at radius 2 is 2.18 bits per heavy atom. The summed E-state index contributed by atoms with van der Waals surface area (Å²) < 4.78 is 1.92. The van der Waals surface area contributed by atoms with Crippen molar-refractivity contribution in [2.45, 2.75) is 26.4 Å². The van der Waals surface area contributed by atoms with Crippen LogP contribution in [0.2, 0.25) is 5.02 Å². The van der Waals surface area contributed by atoms with E-state index in [0.29, 0.717) is 0 Å². The summed E-state index contributed by atoms with van der Waals surface area (Å²) >= 11 is 5.95. The molecule has 4 heteroatoms. The summed E-state index contributed by atoms with van der Waals surface area (Å²) in [6.45, 7) is 4.90. The van der Waals surface area contributed by atoms with Gasteiger partial charge in [0.25, 0.3) is 0 Å². The van der Waals surface area contributed by atoms with Crippen molar-refractivity contribution >= 4 is 11.6 Å². The fraction of sp³-hybridized carbons (Fsp3) is 0.308. The predicted octanol–water partition coefficient (Wildman–Crippen LogP) is 2.91. The zero-order chi connectivity index (χ0) is 12.4. The Bertz CT molecular complexity index is 519. The molecule has 1 aromatic carbocycles. The maximum absolute atomic E-state index is 6.28. The molecule has 0 bridgehead atoms. The highest BCUT2D eigenvalue weighted by Crippen LogP contribution is 2.24. The molecule has 90 valence electrons. The fourth-order valence-electron chi connectivity index (χ4n) is 2.02. The molecule has 1 unspecified atom stereocenters. The lowest BCUT2D eigenvalue weighted by Gasteiger charge is -2.16. The van der Waals surface area contributed by atoms with Gasteiger partial charge >= 0.3 is 0 Å². The lowest BCUT2D eigenvalue weighted by atomic mass is 9.99. The maximum atomic E-state index is 6.28. The fourth-order valence-corrected chi connectivity index (χ4v) is 2.25. The van der Waals surface area contributed by atoms with Crippen LogP contribution in [0.4, 0.5) is 0 Å². The SMILES string of the molecule is CCn1nccc1C(N)c1ccc(Cl)cc1C.